The van der Waals surface area contributed by atoms with Crippen LogP contribution in [0.5, 0.6) is 0 Å². The molecule has 0 saturated heterocycles. The first-order chi connectivity index (χ1) is 17.7. The molecule has 1 unspecified atom stereocenters. The molecule has 1 atom stereocenters. The predicted octanol–water partition coefficient (Wildman–Crippen LogP) is 6.75. The Hall–Kier alpha value is -2.48. The molecule has 0 spiro atoms. The number of nitrogens with one attached hydrogen (secondary N) is 1. The first-order valence-corrected chi connectivity index (χ1v) is 19.8. The van der Waals surface area contributed by atoms with Crippen LogP contribution in [0.25, 0.3) is 11.4 Å². The molecule has 3 aromatic heterocycles. The van der Waals surface area contributed by atoms with Gasteiger partial charge >= 0.3 is 0 Å². The van der Waals surface area contributed by atoms with Crippen molar-refractivity contribution >= 4 is 22.3 Å². The van der Waals surface area contributed by atoms with E-state index in [9.17, 15) is 4.39 Å². The van der Waals surface area contributed by atoms with Crippen molar-refractivity contribution in [1.29, 1.82) is 0 Å². The second kappa shape index (κ2) is 12.6. The lowest BCUT2D eigenvalue weighted by molar-refractivity contribution is 0.0799. The molecular weight excluding hydrogens is 516 g/mol. The molecule has 3 rings (SSSR count). The van der Waals surface area contributed by atoms with Gasteiger partial charge < -0.3 is 14.5 Å². The molecule has 0 amide bonds. The number of ether oxygens (including phenoxy) is 1. The van der Waals surface area contributed by atoms with E-state index in [1.807, 2.05) is 12.1 Å². The van der Waals surface area contributed by atoms with E-state index in [0.717, 1.165) is 17.2 Å². The highest BCUT2D eigenvalue weighted by Gasteiger charge is 2.39. The fourth-order valence-electron chi connectivity index (χ4n) is 3.43. The summed E-state index contributed by atoms with van der Waals surface area (Å²) in [4.78, 5) is 12.7. The minimum Gasteiger partial charge on any atom is -0.410 e. The Labute approximate surface area is 228 Å². The van der Waals surface area contributed by atoms with E-state index < -0.39 is 22.3 Å². The summed E-state index contributed by atoms with van der Waals surface area (Å²) in [6.07, 6.45) is 5.47. The highest BCUT2D eigenvalue weighted by Crippen LogP contribution is 2.40. The summed E-state index contributed by atoms with van der Waals surface area (Å²) in [7, 11) is -3.28. The zero-order chi connectivity index (χ0) is 28.0. The molecule has 11 heteroatoms. The van der Waals surface area contributed by atoms with Crippen LogP contribution in [0.15, 0.2) is 42.9 Å². The van der Waals surface area contributed by atoms with Gasteiger partial charge in [-0.1, -0.05) is 46.5 Å². The fourth-order valence-corrected chi connectivity index (χ4v) is 5.51. The Bertz CT molecular complexity index is 1150. The maximum atomic E-state index is 13.5. The van der Waals surface area contributed by atoms with Gasteiger partial charge in [0, 0.05) is 45.4 Å². The molecule has 0 aliphatic rings. The van der Waals surface area contributed by atoms with Crippen LogP contribution in [0.1, 0.15) is 38.9 Å². The van der Waals surface area contributed by atoms with Crippen LogP contribution in [0.4, 0.5) is 10.3 Å². The van der Waals surface area contributed by atoms with Gasteiger partial charge in [-0.2, -0.15) is 9.37 Å². The summed E-state index contributed by atoms with van der Waals surface area (Å²) in [5.41, 5.74) is 1.76. The van der Waals surface area contributed by atoms with Gasteiger partial charge in [0.25, 0.3) is 0 Å². The number of hydrogen-bond donors (Lipinski definition) is 1. The van der Waals surface area contributed by atoms with Gasteiger partial charge in [-0.15, -0.1) is 5.10 Å². The predicted molar refractivity (Wildman–Crippen MR) is 156 cm³/mol. The number of halogens is 1. The minimum absolute atomic E-state index is 0.0407. The maximum Gasteiger partial charge on any atom is 0.223 e. The molecule has 0 fully saturated rings. The van der Waals surface area contributed by atoms with Crippen molar-refractivity contribution in [3.05, 3.63) is 54.4 Å². The normalized spacial score (nSPS) is 13.5. The Morgan fingerprint density at radius 2 is 1.76 bits per heavy atom. The van der Waals surface area contributed by atoms with Gasteiger partial charge in [0.1, 0.15) is 6.73 Å². The lowest BCUT2D eigenvalue weighted by atomic mass is 10.1. The number of anilines is 1. The van der Waals surface area contributed by atoms with Crippen LogP contribution in [0, 0.1) is 5.95 Å². The molecule has 3 heterocycles. The summed E-state index contributed by atoms with van der Waals surface area (Å²) >= 11 is 0. The quantitative estimate of drug-likeness (QED) is 0.141. The highest BCUT2D eigenvalue weighted by molar-refractivity contribution is 6.76. The van der Waals surface area contributed by atoms with Crippen molar-refractivity contribution in [2.24, 2.45) is 0 Å². The first kappa shape index (κ1) is 30.1. The molecule has 0 bridgehead atoms. The van der Waals surface area contributed by atoms with Crippen LogP contribution in [-0.4, -0.2) is 54.3 Å². The molecule has 0 aromatic carbocycles. The lowest BCUT2D eigenvalue weighted by Crippen LogP contribution is -2.42. The lowest BCUT2D eigenvalue weighted by Gasteiger charge is -2.39. The average Bonchev–Trinajstić information content (AvgIpc) is 3.24. The van der Waals surface area contributed by atoms with E-state index in [-0.39, 0.29) is 11.1 Å². The summed E-state index contributed by atoms with van der Waals surface area (Å²) in [5.74, 6) is 0.748. The summed E-state index contributed by atoms with van der Waals surface area (Å²) in [6, 6.07) is 8.01. The minimum atomic E-state index is -2.09. The Morgan fingerprint density at radius 1 is 1.05 bits per heavy atom. The van der Waals surface area contributed by atoms with Crippen LogP contribution in [0.2, 0.25) is 43.8 Å². The van der Waals surface area contributed by atoms with E-state index in [2.05, 4.69) is 68.8 Å². The van der Waals surface area contributed by atoms with Crippen molar-refractivity contribution in [2.75, 3.05) is 18.5 Å². The summed E-state index contributed by atoms with van der Waals surface area (Å²) in [6.45, 7) is 19.7. The smallest absolute Gasteiger partial charge is 0.223 e. The molecule has 0 saturated carbocycles. The zero-order valence-electron chi connectivity index (χ0n) is 24.1. The molecular formula is C27H43FN6O2Si2. The van der Waals surface area contributed by atoms with Gasteiger partial charge in [0.15, 0.2) is 14.1 Å². The molecule has 0 aliphatic carbocycles. The van der Waals surface area contributed by atoms with Crippen molar-refractivity contribution < 1.29 is 13.6 Å². The van der Waals surface area contributed by atoms with Gasteiger partial charge in [-0.25, -0.2) is 9.67 Å². The zero-order valence-corrected chi connectivity index (χ0v) is 26.1. The second-order valence-corrected chi connectivity index (χ2v) is 22.7. The Kier molecular flexibility index (Phi) is 9.96. The Morgan fingerprint density at radius 3 is 2.37 bits per heavy atom. The van der Waals surface area contributed by atoms with E-state index in [1.54, 1.807) is 29.3 Å². The van der Waals surface area contributed by atoms with Crippen molar-refractivity contribution in [3.63, 3.8) is 0 Å². The molecule has 0 radical (unpaired) electrons. The molecule has 208 valence electrons. The van der Waals surface area contributed by atoms with Gasteiger partial charge in [0.05, 0.1) is 6.10 Å². The second-order valence-electron chi connectivity index (χ2n) is 12.3. The molecule has 1 N–H and O–H groups in total. The Balaban J connectivity index is 1.76. The third-order valence-corrected chi connectivity index (χ3v) is 13.1. The number of aromatic nitrogens is 5. The average molecular weight is 559 g/mol. The van der Waals surface area contributed by atoms with Crippen molar-refractivity contribution in [3.8, 4) is 11.4 Å². The van der Waals surface area contributed by atoms with E-state index in [0.29, 0.717) is 38.1 Å². The van der Waals surface area contributed by atoms with Crippen molar-refractivity contribution in [1.82, 2.24) is 24.7 Å². The molecule has 38 heavy (non-hydrogen) atoms. The van der Waals surface area contributed by atoms with Gasteiger partial charge in [-0.3, -0.25) is 4.98 Å². The van der Waals surface area contributed by atoms with E-state index in [4.69, 9.17) is 19.2 Å². The van der Waals surface area contributed by atoms with Gasteiger partial charge in [0.2, 0.25) is 11.9 Å². The standard InChI is InChI=1S/C27H43FN6O2Si2/c1-27(2,3)38(7,8)36-23(22-9-10-24(28)31-19-22)13-16-30-26-32-25(21-11-14-29-15-12-21)33-34(26)20-35-17-18-37(4,5)6/h9-12,14-15,19,23H,13,16-18,20H2,1-8H3,(H,30,32,33). The maximum absolute atomic E-state index is 13.5. The largest absolute Gasteiger partial charge is 0.410 e. The molecule has 0 aliphatic heterocycles. The molecule has 8 nitrogen and oxygen atoms in total. The van der Waals surface area contributed by atoms with Crippen LogP contribution in [0.3, 0.4) is 0 Å². The number of hydrogen-bond acceptors (Lipinski definition) is 7. The van der Waals surface area contributed by atoms with E-state index >= 15 is 0 Å². The van der Waals surface area contributed by atoms with Crippen LogP contribution in [-0.2, 0) is 15.9 Å². The van der Waals surface area contributed by atoms with Crippen LogP contribution < -0.4 is 5.32 Å². The summed E-state index contributed by atoms with van der Waals surface area (Å²) < 4.78 is 28.0. The summed E-state index contributed by atoms with van der Waals surface area (Å²) in [5, 5.41) is 8.18. The molecule has 3 aromatic rings. The first-order valence-electron chi connectivity index (χ1n) is 13.2. The number of pyridine rings is 2. The highest BCUT2D eigenvalue weighted by atomic mass is 28.4. The van der Waals surface area contributed by atoms with Crippen LogP contribution >= 0.6 is 0 Å². The fraction of sp³-hybridized carbons (Fsp3) is 0.556. The van der Waals surface area contributed by atoms with Crippen molar-refractivity contribution in [2.45, 2.75) is 83.8 Å². The monoisotopic (exact) mass is 558 g/mol. The third kappa shape index (κ3) is 8.79. The van der Waals surface area contributed by atoms with E-state index in [1.165, 1.54) is 6.07 Å². The number of nitrogens with zero attached hydrogens (tertiary/aromatic N) is 5. The topological polar surface area (TPSA) is 87.0 Å². The third-order valence-electron chi connectivity index (χ3n) is 6.87. The van der Waals surface area contributed by atoms with Gasteiger partial charge in [-0.05, 0) is 54.4 Å². The SMILES string of the molecule is CC(C)(C)[Si](C)(C)OC(CCNc1nc(-c2ccncc2)nn1COCC[Si](C)(C)C)c1ccc(F)nc1. The number of rotatable bonds is 13.